The highest BCUT2D eigenvalue weighted by atomic mass is 15.1. The minimum atomic E-state index is 0.950. The van der Waals surface area contributed by atoms with Crippen LogP contribution < -0.4 is 0 Å². The van der Waals surface area contributed by atoms with Crippen molar-refractivity contribution >= 4 is 43.4 Å². The van der Waals surface area contributed by atoms with E-state index in [1.807, 2.05) is 12.1 Å². The number of fused-ring (bicyclic) bond motifs is 6. The molecule has 0 atom stereocenters. The molecule has 8 rings (SSSR count). The maximum Gasteiger partial charge on any atom is 0.145 e. The topological polar surface area (TPSA) is 17.8 Å². The lowest BCUT2D eigenvalue weighted by Gasteiger charge is -2.11. The maximum absolute atomic E-state index is 5.02. The molecule has 0 fully saturated rings. The van der Waals surface area contributed by atoms with E-state index in [1.54, 1.807) is 0 Å². The number of para-hydroxylation sites is 3. The van der Waals surface area contributed by atoms with E-state index in [9.17, 15) is 0 Å². The molecule has 0 spiro atoms. The van der Waals surface area contributed by atoms with Crippen LogP contribution in [-0.4, -0.2) is 9.55 Å². The van der Waals surface area contributed by atoms with Crippen molar-refractivity contribution in [3.63, 3.8) is 0 Å². The number of imidazole rings is 1. The van der Waals surface area contributed by atoms with Gasteiger partial charge >= 0.3 is 0 Å². The molecule has 0 saturated heterocycles. The summed E-state index contributed by atoms with van der Waals surface area (Å²) in [6.45, 7) is 0. The number of nitrogens with zero attached hydrogens (tertiary/aromatic N) is 2. The molecule has 8 aromatic rings. The fourth-order valence-corrected chi connectivity index (χ4v) is 5.88. The summed E-state index contributed by atoms with van der Waals surface area (Å²) in [5.41, 5.74) is 6.72. The molecule has 2 nitrogen and oxygen atoms in total. The van der Waals surface area contributed by atoms with Gasteiger partial charge in [0.15, 0.2) is 0 Å². The van der Waals surface area contributed by atoms with Gasteiger partial charge in [-0.25, -0.2) is 4.98 Å². The SMILES string of the molecule is c1ccc(-n2c(-c3ccc(-c4ccc5c(ccc6c7ccccc7ccc56)c4)cc3)nc3ccccc32)cc1. The van der Waals surface area contributed by atoms with Gasteiger partial charge in [-0.3, -0.25) is 4.57 Å². The third-order valence-corrected chi connectivity index (χ3v) is 7.79. The first-order chi connectivity index (χ1) is 19.3. The van der Waals surface area contributed by atoms with E-state index in [-0.39, 0.29) is 0 Å². The molecule has 0 saturated carbocycles. The second kappa shape index (κ2) is 8.68. The molecule has 7 aromatic carbocycles. The van der Waals surface area contributed by atoms with Crippen molar-refractivity contribution in [2.45, 2.75) is 0 Å². The average Bonchev–Trinajstić information content (AvgIpc) is 3.41. The molecular formula is C37H24N2. The molecule has 0 bridgehead atoms. The van der Waals surface area contributed by atoms with E-state index in [0.717, 1.165) is 28.1 Å². The van der Waals surface area contributed by atoms with E-state index in [1.165, 1.54) is 43.4 Å². The summed E-state index contributed by atoms with van der Waals surface area (Å²) in [6.07, 6.45) is 0. The predicted molar refractivity (Wildman–Crippen MR) is 164 cm³/mol. The minimum absolute atomic E-state index is 0.950. The Morgan fingerprint density at radius 1 is 0.410 bits per heavy atom. The summed E-state index contributed by atoms with van der Waals surface area (Å²) in [5, 5.41) is 7.73. The summed E-state index contributed by atoms with van der Waals surface area (Å²) < 4.78 is 2.25. The number of hydrogen-bond acceptors (Lipinski definition) is 1. The highest BCUT2D eigenvalue weighted by Gasteiger charge is 2.14. The number of aromatic nitrogens is 2. The Morgan fingerprint density at radius 2 is 1.03 bits per heavy atom. The van der Waals surface area contributed by atoms with E-state index >= 15 is 0 Å². The van der Waals surface area contributed by atoms with Crippen molar-refractivity contribution in [2.75, 3.05) is 0 Å². The minimum Gasteiger partial charge on any atom is -0.292 e. The molecule has 1 aromatic heterocycles. The maximum atomic E-state index is 5.02. The normalized spacial score (nSPS) is 11.6. The molecule has 0 radical (unpaired) electrons. The largest absolute Gasteiger partial charge is 0.292 e. The van der Waals surface area contributed by atoms with Gasteiger partial charge < -0.3 is 0 Å². The van der Waals surface area contributed by atoms with Gasteiger partial charge in [0.05, 0.1) is 11.0 Å². The van der Waals surface area contributed by atoms with Crippen molar-refractivity contribution in [3.8, 4) is 28.2 Å². The zero-order valence-electron chi connectivity index (χ0n) is 21.3. The highest BCUT2D eigenvalue weighted by molar-refractivity contribution is 6.17. The molecule has 2 heteroatoms. The van der Waals surface area contributed by atoms with Crippen LogP contribution in [0, 0.1) is 0 Å². The molecule has 0 N–H and O–H groups in total. The zero-order chi connectivity index (χ0) is 25.8. The van der Waals surface area contributed by atoms with Crippen molar-refractivity contribution in [3.05, 3.63) is 146 Å². The third-order valence-electron chi connectivity index (χ3n) is 7.79. The first-order valence-electron chi connectivity index (χ1n) is 13.3. The smallest absolute Gasteiger partial charge is 0.145 e. The molecule has 39 heavy (non-hydrogen) atoms. The van der Waals surface area contributed by atoms with Crippen LogP contribution in [0.25, 0.3) is 71.6 Å². The Kier molecular flexibility index (Phi) is 4.86. The molecule has 0 amide bonds. The van der Waals surface area contributed by atoms with Gasteiger partial charge in [-0.05, 0) is 73.8 Å². The monoisotopic (exact) mass is 496 g/mol. The van der Waals surface area contributed by atoms with Gasteiger partial charge in [0, 0.05) is 11.3 Å². The van der Waals surface area contributed by atoms with Gasteiger partial charge in [-0.2, -0.15) is 0 Å². The lowest BCUT2D eigenvalue weighted by molar-refractivity contribution is 1.10. The summed E-state index contributed by atoms with van der Waals surface area (Å²) >= 11 is 0. The standard InChI is InChI=1S/C37H24N2/c1-2-9-30(10-3-1)39-36-13-7-6-12-35(36)38-37(39)27-16-14-25(15-17-27)28-19-21-32-29(24-28)20-23-33-31-11-5-4-8-26(31)18-22-34(32)33/h1-24H. The highest BCUT2D eigenvalue weighted by Crippen LogP contribution is 2.34. The molecule has 0 aliphatic heterocycles. The van der Waals surface area contributed by atoms with Crippen LogP contribution in [0.5, 0.6) is 0 Å². The van der Waals surface area contributed by atoms with Crippen LogP contribution in [0.3, 0.4) is 0 Å². The number of benzene rings is 7. The predicted octanol–water partition coefficient (Wildman–Crippen LogP) is 9.82. The summed E-state index contributed by atoms with van der Waals surface area (Å²) in [7, 11) is 0. The van der Waals surface area contributed by atoms with Gasteiger partial charge in [0.25, 0.3) is 0 Å². The van der Waals surface area contributed by atoms with Crippen molar-refractivity contribution in [1.29, 1.82) is 0 Å². The van der Waals surface area contributed by atoms with Crippen molar-refractivity contribution in [2.24, 2.45) is 0 Å². The van der Waals surface area contributed by atoms with Crippen LogP contribution in [-0.2, 0) is 0 Å². The molecule has 182 valence electrons. The summed E-state index contributed by atoms with van der Waals surface area (Å²) in [5.74, 6) is 0.950. The van der Waals surface area contributed by atoms with Crippen LogP contribution in [0.2, 0.25) is 0 Å². The van der Waals surface area contributed by atoms with Gasteiger partial charge in [0.2, 0.25) is 0 Å². The summed E-state index contributed by atoms with van der Waals surface area (Å²) in [6, 6.07) is 52.0. The summed E-state index contributed by atoms with van der Waals surface area (Å²) in [4.78, 5) is 5.02. The molecule has 1 heterocycles. The lowest BCUT2D eigenvalue weighted by atomic mass is 9.94. The van der Waals surface area contributed by atoms with Gasteiger partial charge in [0.1, 0.15) is 5.82 Å². The first-order valence-corrected chi connectivity index (χ1v) is 13.3. The molecule has 0 unspecified atom stereocenters. The van der Waals surface area contributed by atoms with Crippen LogP contribution >= 0.6 is 0 Å². The zero-order valence-corrected chi connectivity index (χ0v) is 21.3. The quantitative estimate of drug-likeness (QED) is 0.223. The fraction of sp³-hybridized carbons (Fsp3) is 0. The average molecular weight is 497 g/mol. The van der Waals surface area contributed by atoms with Crippen molar-refractivity contribution in [1.82, 2.24) is 9.55 Å². The van der Waals surface area contributed by atoms with Gasteiger partial charge in [-0.15, -0.1) is 0 Å². The number of rotatable bonds is 3. The Hall–Kier alpha value is -5.21. The van der Waals surface area contributed by atoms with E-state index in [4.69, 9.17) is 4.98 Å². The van der Waals surface area contributed by atoms with E-state index in [2.05, 4.69) is 138 Å². The number of hydrogen-bond donors (Lipinski definition) is 0. The molecular weight excluding hydrogens is 472 g/mol. The van der Waals surface area contributed by atoms with Crippen LogP contribution in [0.1, 0.15) is 0 Å². The lowest BCUT2D eigenvalue weighted by Crippen LogP contribution is -1.97. The Bertz CT molecular complexity index is 2150. The van der Waals surface area contributed by atoms with E-state index in [0.29, 0.717) is 0 Å². The van der Waals surface area contributed by atoms with Crippen LogP contribution in [0.4, 0.5) is 0 Å². The van der Waals surface area contributed by atoms with Gasteiger partial charge in [-0.1, -0.05) is 115 Å². The Balaban J connectivity index is 1.21. The van der Waals surface area contributed by atoms with Crippen LogP contribution in [0.15, 0.2) is 146 Å². The second-order valence-corrected chi connectivity index (χ2v) is 10.1. The fourth-order valence-electron chi connectivity index (χ4n) is 5.88. The molecule has 0 aliphatic carbocycles. The second-order valence-electron chi connectivity index (χ2n) is 10.1. The third kappa shape index (κ3) is 3.53. The molecule has 0 aliphatic rings. The van der Waals surface area contributed by atoms with Crippen molar-refractivity contribution < 1.29 is 0 Å². The van der Waals surface area contributed by atoms with E-state index < -0.39 is 0 Å². The Morgan fingerprint density at radius 3 is 1.87 bits per heavy atom. The first kappa shape index (κ1) is 21.8. The Labute approximate surface area is 226 Å².